The van der Waals surface area contributed by atoms with Gasteiger partial charge in [-0.25, -0.2) is 4.79 Å². The second-order valence-corrected chi connectivity index (χ2v) is 13.0. The van der Waals surface area contributed by atoms with Crippen molar-refractivity contribution < 1.29 is 53.1 Å². The molecular weight excluding hydrogens is 636 g/mol. The van der Waals surface area contributed by atoms with E-state index in [9.17, 15) is 29.4 Å². The van der Waals surface area contributed by atoms with Crippen LogP contribution in [-0.2, 0) is 45.2 Å². The van der Waals surface area contributed by atoms with Crippen molar-refractivity contribution >= 4 is 23.8 Å². The van der Waals surface area contributed by atoms with Gasteiger partial charge in [-0.1, -0.05) is 43.3 Å². The van der Waals surface area contributed by atoms with Crippen LogP contribution in [0.4, 0.5) is 0 Å². The van der Waals surface area contributed by atoms with Gasteiger partial charge in [0.1, 0.15) is 5.76 Å². The lowest BCUT2D eigenvalue weighted by molar-refractivity contribution is -0.195. The Morgan fingerprint density at radius 1 is 1.06 bits per heavy atom. The SMILES string of the molecule is CC[C@]12c3c4ccc(OC)c3O[C@H]1C(OC(=O)[C@H](OC(=O)CCNC(=O)CCC(=O)OC(C)(C)O)c1ccccc1)=CC[C@@]2(O)[C@H](NC)C4. The summed E-state index contributed by atoms with van der Waals surface area (Å²) in [4.78, 5) is 50.8. The number of carbonyl (C=O) groups excluding carboxylic acids is 4. The van der Waals surface area contributed by atoms with Crippen molar-refractivity contribution in [3.63, 3.8) is 0 Å². The van der Waals surface area contributed by atoms with Gasteiger partial charge in [0.15, 0.2) is 17.6 Å². The van der Waals surface area contributed by atoms with Crippen LogP contribution < -0.4 is 20.1 Å². The molecule has 2 aliphatic carbocycles. The predicted molar refractivity (Wildman–Crippen MR) is 174 cm³/mol. The fourth-order valence-electron chi connectivity index (χ4n) is 7.30. The molecule has 1 heterocycles. The monoisotopic (exact) mass is 680 g/mol. The van der Waals surface area contributed by atoms with Gasteiger partial charge in [0.2, 0.25) is 17.8 Å². The molecule has 4 N–H and O–H groups in total. The number of hydrogen-bond acceptors (Lipinski definition) is 12. The minimum Gasteiger partial charge on any atom is -0.493 e. The molecule has 49 heavy (non-hydrogen) atoms. The smallest absolute Gasteiger partial charge is 0.357 e. The first-order chi connectivity index (χ1) is 23.3. The molecular formula is C36H44N2O11. The summed E-state index contributed by atoms with van der Waals surface area (Å²) in [5.74, 6) is -3.32. The van der Waals surface area contributed by atoms with Crippen LogP contribution in [-0.4, -0.2) is 78.3 Å². The maximum Gasteiger partial charge on any atom is 0.357 e. The molecule has 5 rings (SSSR count). The highest BCUT2D eigenvalue weighted by Crippen LogP contribution is 2.63. The average molecular weight is 681 g/mol. The zero-order valence-corrected chi connectivity index (χ0v) is 28.4. The first-order valence-electron chi connectivity index (χ1n) is 16.4. The number of hydrogen-bond donors (Lipinski definition) is 4. The van der Waals surface area contributed by atoms with E-state index in [0.717, 1.165) is 11.1 Å². The Morgan fingerprint density at radius 3 is 2.45 bits per heavy atom. The molecule has 1 aliphatic heterocycles. The summed E-state index contributed by atoms with van der Waals surface area (Å²) in [5, 5.41) is 27.8. The minimum absolute atomic E-state index is 0.109. The highest BCUT2D eigenvalue weighted by atomic mass is 16.7. The Kier molecular flexibility index (Phi) is 10.4. The lowest BCUT2D eigenvalue weighted by Crippen LogP contribution is -2.70. The van der Waals surface area contributed by atoms with Crippen LogP contribution >= 0.6 is 0 Å². The molecule has 0 unspecified atom stereocenters. The van der Waals surface area contributed by atoms with Crippen molar-refractivity contribution in [2.75, 3.05) is 20.7 Å². The first-order valence-corrected chi connectivity index (χ1v) is 16.4. The number of rotatable bonds is 14. The van der Waals surface area contributed by atoms with Crippen molar-refractivity contribution in [2.45, 2.75) is 94.3 Å². The third-order valence-corrected chi connectivity index (χ3v) is 9.46. The number of esters is 3. The molecule has 5 atom stereocenters. The topological polar surface area (TPSA) is 179 Å². The van der Waals surface area contributed by atoms with Crippen LogP contribution in [0.1, 0.15) is 75.7 Å². The average Bonchev–Trinajstić information content (AvgIpc) is 3.44. The number of aliphatic hydroxyl groups is 2. The maximum absolute atomic E-state index is 13.9. The Labute approximate surface area is 284 Å². The zero-order valence-electron chi connectivity index (χ0n) is 28.4. The molecule has 2 aromatic rings. The van der Waals surface area contributed by atoms with Crippen molar-refractivity contribution in [1.82, 2.24) is 10.6 Å². The van der Waals surface area contributed by atoms with E-state index < -0.39 is 52.8 Å². The second kappa shape index (κ2) is 14.2. The molecule has 0 fully saturated rings. The van der Waals surface area contributed by atoms with Crippen molar-refractivity contribution in [2.24, 2.45) is 0 Å². The molecule has 2 aromatic carbocycles. The first kappa shape index (κ1) is 35.8. The fourth-order valence-corrected chi connectivity index (χ4v) is 7.30. The zero-order chi connectivity index (χ0) is 35.6. The fraction of sp³-hybridized carbons (Fsp3) is 0.500. The normalized spacial score (nSPS) is 24.0. The summed E-state index contributed by atoms with van der Waals surface area (Å²) in [6.07, 6.45) is -0.151. The van der Waals surface area contributed by atoms with E-state index in [1.807, 2.05) is 26.1 Å². The summed E-state index contributed by atoms with van der Waals surface area (Å²) in [7, 11) is 3.36. The summed E-state index contributed by atoms with van der Waals surface area (Å²) in [6, 6.07) is 11.9. The number of benzene rings is 2. The van der Waals surface area contributed by atoms with Gasteiger partial charge < -0.3 is 44.5 Å². The van der Waals surface area contributed by atoms with E-state index in [0.29, 0.717) is 29.9 Å². The summed E-state index contributed by atoms with van der Waals surface area (Å²) < 4.78 is 28.6. The lowest BCUT2D eigenvalue weighted by Gasteiger charge is -2.56. The molecule has 1 amide bonds. The van der Waals surface area contributed by atoms with E-state index in [2.05, 4.69) is 10.6 Å². The number of carbonyl (C=O) groups is 4. The summed E-state index contributed by atoms with van der Waals surface area (Å²) in [5.41, 5.74) is -0.00957. The highest BCUT2D eigenvalue weighted by molar-refractivity contribution is 5.83. The molecule has 0 bridgehead atoms. The van der Waals surface area contributed by atoms with E-state index in [1.54, 1.807) is 43.5 Å². The third-order valence-electron chi connectivity index (χ3n) is 9.46. The Bertz CT molecular complexity index is 1620. The van der Waals surface area contributed by atoms with Crippen LogP contribution in [0.25, 0.3) is 0 Å². The van der Waals surface area contributed by atoms with Gasteiger partial charge in [-0.3, -0.25) is 14.4 Å². The molecule has 13 heteroatoms. The van der Waals surface area contributed by atoms with Gasteiger partial charge in [0, 0.05) is 50.4 Å². The van der Waals surface area contributed by atoms with Crippen LogP contribution in [0.3, 0.4) is 0 Å². The molecule has 0 spiro atoms. The molecule has 3 aliphatic rings. The maximum atomic E-state index is 13.9. The second-order valence-electron chi connectivity index (χ2n) is 13.0. The molecule has 264 valence electrons. The Balaban J connectivity index is 1.31. The van der Waals surface area contributed by atoms with E-state index in [1.165, 1.54) is 13.8 Å². The Morgan fingerprint density at radius 2 is 1.80 bits per heavy atom. The highest BCUT2D eigenvalue weighted by Gasteiger charge is 2.69. The van der Waals surface area contributed by atoms with Gasteiger partial charge in [-0.05, 0) is 37.6 Å². The van der Waals surface area contributed by atoms with Crippen LogP contribution in [0, 0.1) is 0 Å². The van der Waals surface area contributed by atoms with E-state index in [4.69, 9.17) is 23.7 Å². The number of likely N-dealkylation sites (N-methyl/N-ethyl adjacent to an activating group) is 1. The number of ether oxygens (including phenoxy) is 5. The summed E-state index contributed by atoms with van der Waals surface area (Å²) in [6.45, 7) is 4.46. The lowest BCUT2D eigenvalue weighted by atomic mass is 9.52. The molecule has 0 aromatic heterocycles. The number of nitrogens with one attached hydrogen (secondary N) is 2. The van der Waals surface area contributed by atoms with Gasteiger partial charge in [0.05, 0.1) is 31.0 Å². The third kappa shape index (κ3) is 6.87. The van der Waals surface area contributed by atoms with Crippen LogP contribution in [0.15, 0.2) is 54.3 Å². The van der Waals surface area contributed by atoms with Gasteiger partial charge in [0.25, 0.3) is 0 Å². The quantitative estimate of drug-likeness (QED) is 0.130. The standard InChI is InChI=1S/C36H44N2O11/c1-6-35-29-22-12-13-23(45-5)31(29)48-32(35)24(16-18-36(35,44)25(20-22)37-4)46-33(42)30(21-10-8-7-9-11-21)47-27(40)17-19-38-26(39)14-15-28(41)49-34(2,3)43/h7-13,16,25,30,32,37,43-44H,6,14-15,17-20H2,1-5H3,(H,38,39)/t25-,30-,32+,35+,36-/m1/s1. The van der Waals surface area contributed by atoms with Crippen molar-refractivity contribution in [3.8, 4) is 11.5 Å². The largest absolute Gasteiger partial charge is 0.493 e. The number of methoxy groups -OCH3 is 1. The van der Waals surface area contributed by atoms with Gasteiger partial charge >= 0.3 is 17.9 Å². The van der Waals surface area contributed by atoms with Gasteiger partial charge in [-0.2, -0.15) is 0 Å². The predicted octanol–water partition coefficient (Wildman–Crippen LogP) is 2.65. The molecule has 0 saturated heterocycles. The van der Waals surface area contributed by atoms with Crippen LogP contribution in [0.5, 0.6) is 11.5 Å². The van der Waals surface area contributed by atoms with Gasteiger partial charge in [-0.15, -0.1) is 0 Å². The molecule has 0 saturated carbocycles. The van der Waals surface area contributed by atoms with Crippen LogP contribution in [0.2, 0.25) is 0 Å². The molecule has 0 radical (unpaired) electrons. The van der Waals surface area contributed by atoms with E-state index in [-0.39, 0.29) is 44.0 Å². The Hall–Kier alpha value is -4.46. The van der Waals surface area contributed by atoms with Crippen molar-refractivity contribution in [1.29, 1.82) is 0 Å². The summed E-state index contributed by atoms with van der Waals surface area (Å²) >= 11 is 0. The number of amides is 1. The minimum atomic E-state index is -1.65. The van der Waals surface area contributed by atoms with E-state index >= 15 is 0 Å². The van der Waals surface area contributed by atoms with Crippen molar-refractivity contribution in [3.05, 3.63) is 71.0 Å². The molecule has 13 nitrogen and oxygen atoms in total.